The van der Waals surface area contributed by atoms with E-state index in [-0.39, 0.29) is 37.0 Å². The van der Waals surface area contributed by atoms with E-state index in [9.17, 15) is 37.5 Å². The molecule has 1 atom stereocenters. The summed E-state index contributed by atoms with van der Waals surface area (Å²) in [6.07, 6.45) is -3.49. The van der Waals surface area contributed by atoms with Crippen LogP contribution in [0.25, 0.3) is 0 Å². The number of nitrogens with one attached hydrogen (secondary N) is 5. The van der Waals surface area contributed by atoms with E-state index in [0.717, 1.165) is 11.1 Å². The molecule has 8 N–H and O–H groups in total. The molecule has 1 heterocycles. The number of nitrogens with two attached hydrogens (primary N) is 1. The predicted octanol–water partition coefficient (Wildman–Crippen LogP) is 4.10. The number of carboxylic acid groups (broad SMARTS) is 1. The van der Waals surface area contributed by atoms with Crippen molar-refractivity contribution in [2.45, 2.75) is 43.6 Å². The molecule has 1 aromatic heterocycles. The first-order chi connectivity index (χ1) is 25.2. The number of hydrogen-bond acceptors (Lipinski definition) is 11. The summed E-state index contributed by atoms with van der Waals surface area (Å²) in [7, 11) is 0. The van der Waals surface area contributed by atoms with Crippen molar-refractivity contribution in [1.29, 1.82) is 0 Å². The minimum absolute atomic E-state index is 0.0445. The minimum Gasteiger partial charge on any atom is -0.480 e. The molecule has 1 aliphatic rings. The molecule has 53 heavy (non-hydrogen) atoms. The van der Waals surface area contributed by atoms with Gasteiger partial charge in [-0.3, -0.25) is 14.4 Å². The first kappa shape index (κ1) is 38.2. The van der Waals surface area contributed by atoms with Gasteiger partial charge in [0.15, 0.2) is 6.61 Å². The predicted molar refractivity (Wildman–Crippen MR) is 187 cm³/mol. The molecule has 3 amide bonds. The van der Waals surface area contributed by atoms with Crippen LogP contribution in [0.5, 0.6) is 6.01 Å². The Morgan fingerprint density at radius 2 is 1.62 bits per heavy atom. The standard InChI is InChI=1S/C34H33ClF3N9O6/c35-22-8-6-21(7-9-22)33(13-14-33)47-31-44-30(45-32(46-31)53-18-34(36,37)38)42-23-10-4-20(5-11-23)26(48)43-25(29(51)52)12-15-40-27(49)28(50)41-24-3-1-2-19(16-24)17-39/h1-11,16,25H,12-15,17-18,39H2,(H,40,49)(H,41,50)(H,43,48)(H,51,52)(H2,42,44,45,46,47)/t25-/m0/s1. The van der Waals surface area contributed by atoms with E-state index in [0.29, 0.717) is 29.2 Å². The number of ether oxygens (including phenoxy) is 1. The summed E-state index contributed by atoms with van der Waals surface area (Å²) in [5.74, 6) is -4.30. The third-order valence-electron chi connectivity index (χ3n) is 7.83. The Morgan fingerprint density at radius 1 is 0.925 bits per heavy atom. The van der Waals surface area contributed by atoms with Crippen LogP contribution in [0.15, 0.2) is 72.8 Å². The van der Waals surface area contributed by atoms with E-state index in [4.69, 9.17) is 22.1 Å². The number of benzene rings is 3. The monoisotopic (exact) mass is 755 g/mol. The fraction of sp³-hybridized carbons (Fsp3) is 0.265. The Balaban J connectivity index is 1.19. The van der Waals surface area contributed by atoms with E-state index >= 15 is 0 Å². The SMILES string of the molecule is NCc1cccc(NC(=O)C(=O)NCC[C@H](NC(=O)c2ccc(Nc3nc(NC4(c5ccc(Cl)cc5)CC4)nc(OCC(F)(F)F)n3)cc2)C(=O)O)c1. The van der Waals surface area contributed by atoms with E-state index < -0.39 is 54.1 Å². The van der Waals surface area contributed by atoms with Crippen molar-refractivity contribution >= 4 is 58.6 Å². The van der Waals surface area contributed by atoms with Gasteiger partial charge in [-0.1, -0.05) is 35.9 Å². The van der Waals surface area contributed by atoms with E-state index in [1.807, 2.05) is 12.1 Å². The number of nitrogens with zero attached hydrogens (tertiary/aromatic N) is 3. The number of carboxylic acids is 1. The zero-order valence-corrected chi connectivity index (χ0v) is 28.4. The van der Waals surface area contributed by atoms with Crippen molar-refractivity contribution in [3.05, 3.63) is 94.5 Å². The molecule has 0 aliphatic heterocycles. The molecule has 1 aliphatic carbocycles. The third kappa shape index (κ3) is 11.0. The summed E-state index contributed by atoms with van der Waals surface area (Å²) in [4.78, 5) is 61.5. The minimum atomic E-state index is -4.65. The lowest BCUT2D eigenvalue weighted by molar-refractivity contribution is -0.154. The molecule has 0 saturated heterocycles. The summed E-state index contributed by atoms with van der Waals surface area (Å²) in [6.45, 7) is -1.64. The van der Waals surface area contributed by atoms with Crippen LogP contribution in [-0.4, -0.2) is 69.1 Å². The van der Waals surface area contributed by atoms with Crippen molar-refractivity contribution in [3.63, 3.8) is 0 Å². The molecular formula is C34H33ClF3N9O6. The van der Waals surface area contributed by atoms with E-state index in [1.54, 1.807) is 36.4 Å². The lowest BCUT2D eigenvalue weighted by Crippen LogP contribution is -2.44. The van der Waals surface area contributed by atoms with Crippen molar-refractivity contribution in [2.24, 2.45) is 5.73 Å². The van der Waals surface area contributed by atoms with E-state index in [1.165, 1.54) is 24.3 Å². The molecule has 19 heteroatoms. The molecule has 15 nitrogen and oxygen atoms in total. The van der Waals surface area contributed by atoms with Gasteiger partial charge in [0.25, 0.3) is 5.91 Å². The van der Waals surface area contributed by atoms with Crippen molar-refractivity contribution in [1.82, 2.24) is 25.6 Å². The Morgan fingerprint density at radius 3 is 2.26 bits per heavy atom. The maximum Gasteiger partial charge on any atom is 0.422 e. The summed E-state index contributed by atoms with van der Waals surface area (Å²) < 4.78 is 43.6. The van der Waals surface area contributed by atoms with Crippen LogP contribution in [0.4, 0.5) is 36.4 Å². The molecule has 3 aromatic carbocycles. The zero-order valence-electron chi connectivity index (χ0n) is 27.7. The number of alkyl halides is 3. The molecular weight excluding hydrogens is 723 g/mol. The summed E-state index contributed by atoms with van der Waals surface area (Å²) in [5, 5.41) is 23.3. The number of aromatic nitrogens is 3. The number of anilines is 4. The number of hydrogen-bond donors (Lipinski definition) is 7. The highest BCUT2D eigenvalue weighted by Gasteiger charge is 2.45. The van der Waals surface area contributed by atoms with Crippen molar-refractivity contribution < 1.29 is 42.2 Å². The average Bonchev–Trinajstić information content (AvgIpc) is 3.90. The summed E-state index contributed by atoms with van der Waals surface area (Å²) >= 11 is 6.01. The number of rotatable bonds is 15. The van der Waals surface area contributed by atoms with E-state index in [2.05, 4.69) is 41.5 Å². The van der Waals surface area contributed by atoms with Crippen LogP contribution in [0, 0.1) is 0 Å². The second kappa shape index (κ2) is 16.6. The van der Waals surface area contributed by atoms with Gasteiger partial charge in [0.1, 0.15) is 6.04 Å². The highest BCUT2D eigenvalue weighted by atomic mass is 35.5. The largest absolute Gasteiger partial charge is 0.480 e. The Bertz CT molecular complexity index is 1960. The second-order valence-electron chi connectivity index (χ2n) is 11.9. The summed E-state index contributed by atoms with van der Waals surface area (Å²) in [6, 6.07) is 17.3. The smallest absolute Gasteiger partial charge is 0.422 e. The number of carbonyl (C=O) groups excluding carboxylic acids is 3. The maximum atomic E-state index is 12.9. The Labute approximate surface area is 304 Å². The number of carbonyl (C=O) groups is 4. The Hall–Kier alpha value is -6.01. The lowest BCUT2D eigenvalue weighted by atomic mass is 10.1. The number of amides is 3. The number of aliphatic carboxylic acids is 1. The molecule has 0 unspecified atom stereocenters. The second-order valence-corrected chi connectivity index (χ2v) is 12.3. The fourth-order valence-electron chi connectivity index (χ4n) is 4.98. The topological polar surface area (TPSA) is 223 Å². The molecule has 1 saturated carbocycles. The molecule has 0 radical (unpaired) electrons. The molecule has 5 rings (SSSR count). The van der Waals surface area contributed by atoms with Crippen LogP contribution in [0.2, 0.25) is 5.02 Å². The molecule has 278 valence electrons. The van der Waals surface area contributed by atoms with Gasteiger partial charge >= 0.3 is 30.0 Å². The zero-order chi connectivity index (χ0) is 38.2. The number of halogens is 4. The van der Waals surface area contributed by atoms with Crippen LogP contribution in [0.1, 0.15) is 40.7 Å². The van der Waals surface area contributed by atoms with Gasteiger partial charge in [-0.05, 0) is 78.9 Å². The van der Waals surface area contributed by atoms with Gasteiger partial charge in [0.05, 0.1) is 5.54 Å². The Kier molecular flexibility index (Phi) is 11.9. The van der Waals surface area contributed by atoms with Crippen LogP contribution in [0.3, 0.4) is 0 Å². The maximum absolute atomic E-state index is 12.9. The summed E-state index contributed by atoms with van der Waals surface area (Å²) in [5.41, 5.74) is 7.39. The van der Waals surface area contributed by atoms with Crippen molar-refractivity contribution in [3.8, 4) is 6.01 Å². The first-order valence-electron chi connectivity index (χ1n) is 16.0. The highest BCUT2D eigenvalue weighted by Crippen LogP contribution is 2.48. The van der Waals surface area contributed by atoms with Crippen LogP contribution < -0.4 is 37.1 Å². The van der Waals surface area contributed by atoms with Gasteiger partial charge < -0.3 is 42.2 Å². The highest BCUT2D eigenvalue weighted by molar-refractivity contribution is 6.39. The quantitative estimate of drug-likeness (QED) is 0.0853. The van der Waals surface area contributed by atoms with Gasteiger partial charge in [0.2, 0.25) is 11.9 Å². The molecule has 0 bridgehead atoms. The fourth-order valence-corrected chi connectivity index (χ4v) is 5.11. The molecule has 4 aromatic rings. The lowest BCUT2D eigenvalue weighted by Gasteiger charge is -2.19. The van der Waals surface area contributed by atoms with Gasteiger partial charge in [-0.15, -0.1) is 0 Å². The molecule has 1 fully saturated rings. The average molecular weight is 756 g/mol. The van der Waals surface area contributed by atoms with Crippen LogP contribution in [-0.2, 0) is 26.5 Å². The van der Waals surface area contributed by atoms with Crippen molar-refractivity contribution in [2.75, 3.05) is 29.1 Å². The van der Waals surface area contributed by atoms with Gasteiger partial charge in [-0.2, -0.15) is 28.1 Å². The first-order valence-corrected chi connectivity index (χ1v) is 16.4. The van der Waals surface area contributed by atoms with Crippen LogP contribution >= 0.6 is 11.6 Å². The van der Waals surface area contributed by atoms with Gasteiger partial charge in [-0.25, -0.2) is 4.79 Å². The third-order valence-corrected chi connectivity index (χ3v) is 8.08. The normalized spacial score (nSPS) is 13.6. The molecule has 0 spiro atoms. The van der Waals surface area contributed by atoms with Gasteiger partial charge in [0, 0.05) is 35.1 Å².